The SMILES string of the molecule is C[C@@H]1[C@@H]([Si](C)(C)O)[C@H](CCO)O[C@@]12C(=O)N(Cc1ccc(N3C(=O)COc4ccccc43)cc1)c1ccc(Br)cc12. The Kier molecular flexibility index (Phi) is 7.10. The minimum Gasteiger partial charge on any atom is -0.482 e. The van der Waals surface area contributed by atoms with E-state index in [-0.39, 0.29) is 36.5 Å². The van der Waals surface area contributed by atoms with Gasteiger partial charge in [-0.25, -0.2) is 0 Å². The van der Waals surface area contributed by atoms with Crippen LogP contribution in [0.15, 0.2) is 71.2 Å². The number of hydrogen-bond acceptors (Lipinski definition) is 6. The van der Waals surface area contributed by atoms with Crippen LogP contribution in [0.2, 0.25) is 18.6 Å². The van der Waals surface area contributed by atoms with Gasteiger partial charge in [0.15, 0.2) is 20.5 Å². The fourth-order valence-corrected chi connectivity index (χ4v) is 9.89. The molecule has 0 radical (unpaired) electrons. The molecule has 3 aromatic carbocycles. The number of amides is 2. The number of benzene rings is 3. The van der Waals surface area contributed by atoms with Crippen LogP contribution in [0.4, 0.5) is 17.1 Å². The Labute approximate surface area is 248 Å². The molecular weight excluding hydrogens is 604 g/mol. The van der Waals surface area contributed by atoms with E-state index in [0.717, 1.165) is 27.0 Å². The third-order valence-corrected chi connectivity index (χ3v) is 11.6. The van der Waals surface area contributed by atoms with Crippen molar-refractivity contribution in [3.05, 3.63) is 82.3 Å². The molecule has 1 saturated heterocycles. The lowest BCUT2D eigenvalue weighted by Gasteiger charge is -2.32. The van der Waals surface area contributed by atoms with E-state index < -0.39 is 20.0 Å². The van der Waals surface area contributed by atoms with Crippen molar-refractivity contribution in [3.8, 4) is 5.75 Å². The minimum absolute atomic E-state index is 0.0283. The number of anilines is 3. The second-order valence-corrected chi connectivity index (χ2v) is 16.5. The molecule has 2 N–H and O–H groups in total. The van der Waals surface area contributed by atoms with Crippen LogP contribution in [0.1, 0.15) is 24.5 Å². The van der Waals surface area contributed by atoms with Crippen LogP contribution >= 0.6 is 15.9 Å². The summed E-state index contributed by atoms with van der Waals surface area (Å²) < 4.78 is 13.1. The standard InChI is InChI=1S/C31H33BrN2O6Si/c1-19-29(41(2,3)38)27(14-15-35)40-31(19)23-16-21(32)10-13-24(23)33(30(31)37)17-20-8-11-22(12-9-20)34-25-6-4-5-7-26(25)39-18-28(34)36/h4-13,16,19,27,29,35,38H,14-15,17-18H2,1-3H3/t19-,27+,29-,31+/m1/s1. The van der Waals surface area contributed by atoms with Gasteiger partial charge < -0.3 is 24.3 Å². The molecule has 3 heterocycles. The maximum atomic E-state index is 14.4. The number of hydrogen-bond donors (Lipinski definition) is 2. The molecule has 41 heavy (non-hydrogen) atoms. The predicted molar refractivity (Wildman–Crippen MR) is 162 cm³/mol. The van der Waals surface area contributed by atoms with Gasteiger partial charge in [-0.1, -0.05) is 47.1 Å². The highest BCUT2D eigenvalue weighted by atomic mass is 79.9. The fraction of sp³-hybridized carbons (Fsp3) is 0.355. The summed E-state index contributed by atoms with van der Waals surface area (Å²) in [5, 5.41) is 9.79. The van der Waals surface area contributed by atoms with Crippen LogP contribution in [0.25, 0.3) is 0 Å². The monoisotopic (exact) mass is 636 g/mol. The second kappa shape index (κ2) is 10.4. The minimum atomic E-state index is -2.76. The average molecular weight is 638 g/mol. The molecule has 214 valence electrons. The summed E-state index contributed by atoms with van der Waals surface area (Å²) in [6.07, 6.45) is -0.0690. The Morgan fingerprint density at radius 3 is 2.49 bits per heavy atom. The Hall–Kier alpha value is -3.02. The average Bonchev–Trinajstić information content (AvgIpc) is 3.36. The van der Waals surface area contributed by atoms with Crippen LogP contribution in [0.5, 0.6) is 5.75 Å². The molecule has 6 rings (SSSR count). The maximum absolute atomic E-state index is 14.4. The van der Waals surface area contributed by atoms with Crippen molar-refractivity contribution < 1.29 is 29.0 Å². The second-order valence-electron chi connectivity index (χ2n) is 11.6. The van der Waals surface area contributed by atoms with Crippen molar-refractivity contribution in [2.45, 2.75) is 50.2 Å². The van der Waals surface area contributed by atoms with Crippen molar-refractivity contribution in [2.75, 3.05) is 23.0 Å². The van der Waals surface area contributed by atoms with Crippen molar-refractivity contribution >= 4 is 53.1 Å². The Morgan fingerprint density at radius 2 is 1.78 bits per heavy atom. The van der Waals surface area contributed by atoms with E-state index in [2.05, 4.69) is 15.9 Å². The van der Waals surface area contributed by atoms with E-state index in [9.17, 15) is 19.5 Å². The number of carbonyl (C=O) groups is 2. The van der Waals surface area contributed by atoms with Crippen molar-refractivity contribution in [1.29, 1.82) is 0 Å². The number of nitrogens with zero attached hydrogens (tertiary/aromatic N) is 2. The zero-order valence-electron chi connectivity index (χ0n) is 23.2. The van der Waals surface area contributed by atoms with E-state index in [0.29, 0.717) is 24.4 Å². The molecule has 1 fully saturated rings. The molecule has 3 aliphatic rings. The lowest BCUT2D eigenvalue weighted by molar-refractivity contribution is -0.146. The summed E-state index contributed by atoms with van der Waals surface area (Å²) in [4.78, 5) is 41.8. The van der Waals surface area contributed by atoms with Gasteiger partial charge in [0.25, 0.3) is 11.8 Å². The summed E-state index contributed by atoms with van der Waals surface area (Å²) in [7, 11) is -2.76. The third-order valence-electron chi connectivity index (χ3n) is 8.60. The first-order valence-electron chi connectivity index (χ1n) is 13.8. The van der Waals surface area contributed by atoms with Gasteiger partial charge in [-0.05, 0) is 67.5 Å². The molecule has 0 saturated carbocycles. The van der Waals surface area contributed by atoms with Gasteiger partial charge in [-0.3, -0.25) is 14.5 Å². The van der Waals surface area contributed by atoms with Gasteiger partial charge in [-0.15, -0.1) is 0 Å². The lowest BCUT2D eigenvalue weighted by atomic mass is 9.82. The molecule has 8 nitrogen and oxygen atoms in total. The first-order valence-corrected chi connectivity index (χ1v) is 17.6. The van der Waals surface area contributed by atoms with Crippen LogP contribution in [0.3, 0.4) is 0 Å². The van der Waals surface area contributed by atoms with E-state index >= 15 is 0 Å². The van der Waals surface area contributed by atoms with Crippen molar-refractivity contribution in [1.82, 2.24) is 0 Å². The van der Waals surface area contributed by atoms with Gasteiger partial charge >= 0.3 is 0 Å². The van der Waals surface area contributed by atoms with Crippen LogP contribution in [-0.4, -0.2) is 49.4 Å². The number of ether oxygens (including phenoxy) is 2. The van der Waals surface area contributed by atoms with Gasteiger partial charge in [-0.2, -0.15) is 0 Å². The highest BCUT2D eigenvalue weighted by Gasteiger charge is 2.66. The summed E-state index contributed by atoms with van der Waals surface area (Å²) in [6.45, 7) is 5.94. The fourth-order valence-electron chi connectivity index (χ4n) is 6.92. The molecule has 1 spiro atoms. The summed E-state index contributed by atoms with van der Waals surface area (Å²) >= 11 is 3.58. The normalized spacial score (nSPS) is 25.5. The molecule has 0 aromatic heterocycles. The molecule has 2 amide bonds. The molecule has 10 heteroatoms. The first kappa shape index (κ1) is 28.1. The molecule has 4 atom stereocenters. The Morgan fingerprint density at radius 1 is 1.05 bits per heavy atom. The van der Waals surface area contributed by atoms with E-state index in [1.165, 1.54) is 0 Å². The van der Waals surface area contributed by atoms with E-state index in [1.807, 2.05) is 86.7 Å². The largest absolute Gasteiger partial charge is 0.482 e. The zero-order valence-corrected chi connectivity index (χ0v) is 25.8. The van der Waals surface area contributed by atoms with E-state index in [4.69, 9.17) is 9.47 Å². The zero-order chi connectivity index (χ0) is 29.1. The number of rotatable bonds is 6. The van der Waals surface area contributed by atoms with E-state index in [1.54, 1.807) is 9.80 Å². The molecule has 3 aromatic rings. The van der Waals surface area contributed by atoms with Crippen molar-refractivity contribution in [2.24, 2.45) is 5.92 Å². The lowest BCUT2D eigenvalue weighted by Crippen LogP contribution is -2.46. The first-order chi connectivity index (χ1) is 19.6. The van der Waals surface area contributed by atoms with Crippen LogP contribution in [0, 0.1) is 5.92 Å². The summed E-state index contributed by atoms with van der Waals surface area (Å²) in [6, 6.07) is 20.9. The number of aliphatic hydroxyl groups excluding tert-OH is 1. The smallest absolute Gasteiger partial charge is 0.269 e. The predicted octanol–water partition coefficient (Wildman–Crippen LogP) is 5.23. The molecule has 0 unspecified atom stereocenters. The van der Waals surface area contributed by atoms with Crippen molar-refractivity contribution in [3.63, 3.8) is 0 Å². The maximum Gasteiger partial charge on any atom is 0.269 e. The van der Waals surface area contributed by atoms with Gasteiger partial charge in [0.1, 0.15) is 5.75 Å². The van der Waals surface area contributed by atoms with Gasteiger partial charge in [0.2, 0.25) is 0 Å². The topological polar surface area (TPSA) is 99.5 Å². The third kappa shape index (κ3) is 4.53. The molecule has 0 bridgehead atoms. The number of aliphatic hydroxyl groups is 1. The highest BCUT2D eigenvalue weighted by molar-refractivity contribution is 9.10. The number of halogens is 1. The quantitative estimate of drug-likeness (QED) is 0.359. The molecular formula is C31H33BrN2O6Si. The number of fused-ring (bicyclic) bond motifs is 3. The number of carbonyl (C=O) groups excluding carboxylic acids is 2. The molecule has 3 aliphatic heterocycles. The van der Waals surface area contributed by atoms with Crippen LogP contribution < -0.4 is 14.5 Å². The highest BCUT2D eigenvalue weighted by Crippen LogP contribution is 2.60. The Bertz CT molecular complexity index is 1510. The van der Waals surface area contributed by atoms with Gasteiger partial charge in [0.05, 0.1) is 24.0 Å². The van der Waals surface area contributed by atoms with Gasteiger partial charge in [0, 0.05) is 33.8 Å². The van der Waals surface area contributed by atoms with Crippen LogP contribution in [-0.2, 0) is 26.5 Å². The summed E-state index contributed by atoms with van der Waals surface area (Å²) in [5.74, 6) is 0.0565. The Balaban J connectivity index is 1.34. The molecule has 0 aliphatic carbocycles. The summed E-state index contributed by atoms with van der Waals surface area (Å²) in [5.41, 5.74) is 2.39. The number of para-hydroxylation sites is 2.